The van der Waals surface area contributed by atoms with Gasteiger partial charge in [-0.3, -0.25) is 9.79 Å². The van der Waals surface area contributed by atoms with Crippen LogP contribution in [0.3, 0.4) is 0 Å². The van der Waals surface area contributed by atoms with E-state index in [0.717, 1.165) is 32.0 Å². The molecule has 7 heteroatoms. The third-order valence-corrected chi connectivity index (χ3v) is 5.58. The van der Waals surface area contributed by atoms with Crippen LogP contribution in [0.4, 0.5) is 0 Å². The number of nitrogens with one attached hydrogen (secondary N) is 2. The maximum absolute atomic E-state index is 11.6. The van der Waals surface area contributed by atoms with Crippen molar-refractivity contribution in [3.05, 3.63) is 0 Å². The van der Waals surface area contributed by atoms with E-state index in [1.54, 1.807) is 11.9 Å². The Balaban J connectivity index is 0.00000192. The number of ether oxygens (including phenoxy) is 1. The average molecular weight is 436 g/mol. The highest BCUT2D eigenvalue weighted by Crippen LogP contribution is 2.52. The Kier molecular flexibility index (Phi) is 5.81. The summed E-state index contributed by atoms with van der Waals surface area (Å²) >= 11 is 0. The lowest BCUT2D eigenvalue weighted by molar-refractivity contribution is -0.132. The molecule has 3 aliphatic rings. The van der Waals surface area contributed by atoms with Crippen LogP contribution in [0.1, 0.15) is 33.1 Å². The normalized spacial score (nSPS) is 35.9. The Morgan fingerprint density at radius 1 is 1.35 bits per heavy atom. The molecule has 0 radical (unpaired) electrons. The lowest BCUT2D eigenvalue weighted by Crippen LogP contribution is -2.68. The predicted molar refractivity (Wildman–Crippen MR) is 101 cm³/mol. The quantitative estimate of drug-likeness (QED) is 0.388. The first-order valence-corrected chi connectivity index (χ1v) is 8.29. The summed E-state index contributed by atoms with van der Waals surface area (Å²) in [6.45, 7) is 6.14. The van der Waals surface area contributed by atoms with Crippen LogP contribution in [0, 0.1) is 11.3 Å². The zero-order chi connectivity index (χ0) is 15.9. The molecular formula is C16H29IN4O2. The van der Waals surface area contributed by atoms with Crippen molar-refractivity contribution in [3.8, 4) is 0 Å². The maximum Gasteiger partial charge on any atom is 0.222 e. The molecule has 0 bridgehead atoms. The van der Waals surface area contributed by atoms with Crippen molar-refractivity contribution in [1.82, 2.24) is 15.5 Å². The fourth-order valence-electron chi connectivity index (χ4n) is 4.26. The Hall–Kier alpha value is -0.570. The molecule has 4 atom stereocenters. The van der Waals surface area contributed by atoms with Gasteiger partial charge in [0.15, 0.2) is 5.96 Å². The SMILES string of the molecule is CN=C(NC1CCC(=O)N(C)C1)NC1C2CCOC2C1(C)C.I. The lowest BCUT2D eigenvalue weighted by atomic mass is 9.57. The van der Waals surface area contributed by atoms with Crippen LogP contribution in [0.25, 0.3) is 0 Å². The Morgan fingerprint density at radius 3 is 2.74 bits per heavy atom. The molecular weight excluding hydrogens is 407 g/mol. The van der Waals surface area contributed by atoms with Gasteiger partial charge in [0.1, 0.15) is 0 Å². The van der Waals surface area contributed by atoms with Gasteiger partial charge in [-0.2, -0.15) is 0 Å². The zero-order valence-electron chi connectivity index (χ0n) is 14.5. The van der Waals surface area contributed by atoms with Crippen molar-refractivity contribution in [2.45, 2.75) is 51.3 Å². The topological polar surface area (TPSA) is 66.0 Å². The minimum atomic E-state index is 0. The van der Waals surface area contributed by atoms with Crippen LogP contribution < -0.4 is 10.6 Å². The molecule has 0 aromatic heterocycles. The predicted octanol–water partition coefficient (Wildman–Crippen LogP) is 1.20. The number of carbonyl (C=O) groups excluding carboxylic acids is 1. The molecule has 3 rings (SSSR count). The molecule has 132 valence electrons. The average Bonchev–Trinajstić information content (AvgIpc) is 2.94. The fourth-order valence-corrected chi connectivity index (χ4v) is 4.26. The molecule has 6 nitrogen and oxygen atoms in total. The van der Waals surface area contributed by atoms with Gasteiger partial charge in [-0.25, -0.2) is 0 Å². The smallest absolute Gasteiger partial charge is 0.222 e. The largest absolute Gasteiger partial charge is 0.377 e. The molecule has 1 aliphatic carbocycles. The minimum absolute atomic E-state index is 0. The number of piperidine rings is 1. The lowest BCUT2D eigenvalue weighted by Gasteiger charge is -2.55. The van der Waals surface area contributed by atoms with Gasteiger partial charge in [0.2, 0.25) is 5.91 Å². The molecule has 0 aromatic rings. The second-order valence-electron chi connectivity index (χ2n) is 7.41. The van der Waals surface area contributed by atoms with Gasteiger partial charge in [-0.1, -0.05) is 13.8 Å². The highest BCUT2D eigenvalue weighted by Gasteiger charge is 2.59. The van der Waals surface area contributed by atoms with Crippen molar-refractivity contribution < 1.29 is 9.53 Å². The second kappa shape index (κ2) is 7.13. The van der Waals surface area contributed by atoms with Gasteiger partial charge >= 0.3 is 0 Å². The van der Waals surface area contributed by atoms with E-state index in [2.05, 4.69) is 29.5 Å². The molecule has 2 saturated heterocycles. The molecule has 1 saturated carbocycles. The summed E-state index contributed by atoms with van der Waals surface area (Å²) in [5.41, 5.74) is 0.137. The third-order valence-electron chi connectivity index (χ3n) is 5.58. The van der Waals surface area contributed by atoms with Crippen molar-refractivity contribution in [2.24, 2.45) is 16.3 Å². The van der Waals surface area contributed by atoms with Gasteiger partial charge in [-0.15, -0.1) is 24.0 Å². The van der Waals surface area contributed by atoms with Crippen molar-refractivity contribution in [2.75, 3.05) is 27.2 Å². The minimum Gasteiger partial charge on any atom is -0.377 e. The van der Waals surface area contributed by atoms with E-state index >= 15 is 0 Å². The first-order valence-electron chi connectivity index (χ1n) is 8.29. The van der Waals surface area contributed by atoms with Crippen molar-refractivity contribution in [1.29, 1.82) is 0 Å². The van der Waals surface area contributed by atoms with E-state index in [4.69, 9.17) is 4.74 Å². The standard InChI is InChI=1S/C16H28N4O2.HI/c1-16(2)13(11-7-8-22-14(11)16)19-15(17-3)18-10-5-6-12(21)20(4)9-10;/h10-11,13-14H,5-9H2,1-4H3,(H2,17,18,19);1H. The maximum atomic E-state index is 11.6. The van der Waals surface area contributed by atoms with Gasteiger partial charge < -0.3 is 20.3 Å². The number of halogens is 1. The molecule has 1 amide bonds. The van der Waals surface area contributed by atoms with Crippen LogP contribution in [-0.2, 0) is 9.53 Å². The Morgan fingerprint density at radius 2 is 2.09 bits per heavy atom. The van der Waals surface area contributed by atoms with E-state index in [0.29, 0.717) is 24.5 Å². The summed E-state index contributed by atoms with van der Waals surface area (Å²) in [6, 6.07) is 0.668. The highest BCUT2D eigenvalue weighted by atomic mass is 127. The van der Waals surface area contributed by atoms with Crippen LogP contribution in [0.5, 0.6) is 0 Å². The van der Waals surface area contributed by atoms with Crippen molar-refractivity contribution in [3.63, 3.8) is 0 Å². The number of fused-ring (bicyclic) bond motifs is 1. The van der Waals surface area contributed by atoms with Crippen LogP contribution in [0.2, 0.25) is 0 Å². The first-order chi connectivity index (χ1) is 10.4. The molecule has 2 heterocycles. The van der Waals surface area contributed by atoms with E-state index in [1.807, 2.05) is 7.05 Å². The van der Waals surface area contributed by atoms with Gasteiger partial charge in [0.25, 0.3) is 0 Å². The number of likely N-dealkylation sites (N-methyl/N-ethyl adjacent to an activating group) is 1. The number of amides is 1. The molecule has 4 unspecified atom stereocenters. The fraction of sp³-hybridized carbons (Fsp3) is 0.875. The number of hydrogen-bond donors (Lipinski definition) is 2. The van der Waals surface area contributed by atoms with Gasteiger partial charge in [-0.05, 0) is 12.8 Å². The zero-order valence-corrected chi connectivity index (χ0v) is 16.8. The number of rotatable bonds is 2. The molecule has 0 aromatic carbocycles. The highest BCUT2D eigenvalue weighted by molar-refractivity contribution is 14.0. The third kappa shape index (κ3) is 3.45. The molecule has 2 aliphatic heterocycles. The summed E-state index contributed by atoms with van der Waals surface area (Å²) in [4.78, 5) is 17.7. The van der Waals surface area contributed by atoms with Crippen LogP contribution in [0.15, 0.2) is 4.99 Å². The molecule has 3 fully saturated rings. The Bertz CT molecular complexity index is 483. The summed E-state index contributed by atoms with van der Waals surface area (Å²) in [5.74, 6) is 1.66. The van der Waals surface area contributed by atoms with Crippen LogP contribution in [-0.4, -0.2) is 62.2 Å². The summed E-state index contributed by atoms with van der Waals surface area (Å²) in [6.07, 6.45) is 2.98. The van der Waals surface area contributed by atoms with Crippen LogP contribution >= 0.6 is 24.0 Å². The number of likely N-dealkylation sites (tertiary alicyclic amines) is 1. The Labute approximate surface area is 155 Å². The number of hydrogen-bond acceptors (Lipinski definition) is 3. The second-order valence-corrected chi connectivity index (χ2v) is 7.41. The number of nitrogens with zero attached hydrogens (tertiary/aromatic N) is 2. The first kappa shape index (κ1) is 18.8. The van der Waals surface area contributed by atoms with Gasteiger partial charge in [0, 0.05) is 57.1 Å². The summed E-state index contributed by atoms with van der Waals surface area (Å²) < 4.78 is 5.84. The van der Waals surface area contributed by atoms with E-state index in [1.165, 1.54) is 0 Å². The van der Waals surface area contributed by atoms with Crippen molar-refractivity contribution >= 4 is 35.8 Å². The summed E-state index contributed by atoms with van der Waals surface area (Å²) in [7, 11) is 3.67. The molecule has 0 spiro atoms. The van der Waals surface area contributed by atoms with E-state index in [9.17, 15) is 4.79 Å². The summed E-state index contributed by atoms with van der Waals surface area (Å²) in [5, 5.41) is 7.07. The number of carbonyl (C=O) groups is 1. The van der Waals surface area contributed by atoms with Gasteiger partial charge in [0.05, 0.1) is 6.10 Å². The number of aliphatic imine (C=N–C) groups is 1. The molecule has 2 N–H and O–H groups in total. The van der Waals surface area contributed by atoms with E-state index < -0.39 is 0 Å². The molecule has 23 heavy (non-hydrogen) atoms. The number of guanidine groups is 1. The monoisotopic (exact) mass is 436 g/mol. The van der Waals surface area contributed by atoms with E-state index in [-0.39, 0.29) is 41.3 Å².